The lowest BCUT2D eigenvalue weighted by atomic mass is 10.1. The maximum Gasteiger partial charge on any atom is 0.243 e. The number of carbonyl (C=O) groups is 1. The minimum atomic E-state index is -0.148. The molecule has 12 heavy (non-hydrogen) atoms. The van der Waals surface area contributed by atoms with Crippen molar-refractivity contribution in [3.8, 4) is 0 Å². The zero-order valence-corrected chi connectivity index (χ0v) is 7.87. The van der Waals surface area contributed by atoms with Crippen LogP contribution in [0.3, 0.4) is 0 Å². The summed E-state index contributed by atoms with van der Waals surface area (Å²) < 4.78 is 0. The van der Waals surface area contributed by atoms with Gasteiger partial charge in [0.15, 0.2) is 0 Å². The Labute approximate surface area is 73.5 Å². The van der Waals surface area contributed by atoms with Crippen LogP contribution < -0.4 is 5.32 Å². The van der Waals surface area contributed by atoms with E-state index >= 15 is 0 Å². The van der Waals surface area contributed by atoms with Crippen molar-refractivity contribution in [2.45, 2.75) is 26.8 Å². The number of aliphatic hydroxyl groups is 1. The van der Waals surface area contributed by atoms with Gasteiger partial charge in [0.25, 0.3) is 0 Å². The van der Waals surface area contributed by atoms with E-state index in [-0.39, 0.29) is 24.5 Å². The minimum absolute atomic E-state index is 0.0129. The molecule has 0 aromatic carbocycles. The van der Waals surface area contributed by atoms with Crippen molar-refractivity contribution in [1.82, 2.24) is 5.32 Å². The van der Waals surface area contributed by atoms with E-state index in [2.05, 4.69) is 5.32 Å². The second kappa shape index (κ2) is 5.77. The summed E-state index contributed by atoms with van der Waals surface area (Å²) in [4.78, 5) is 11.0. The quantitative estimate of drug-likeness (QED) is 0.612. The summed E-state index contributed by atoms with van der Waals surface area (Å²) in [6, 6.07) is -0.145. The molecule has 0 fully saturated rings. The third kappa shape index (κ3) is 4.13. The average Bonchev–Trinajstić information content (AvgIpc) is 2.00. The van der Waals surface area contributed by atoms with Gasteiger partial charge in [-0.05, 0) is 18.9 Å². The standard InChI is InChI=1S/C9H17NO2/c1-4-5-9(12)10-8(6-11)7(2)3/h4-5,7-8,11H,6H2,1-3H3,(H,10,12)/t8-/m1/s1. The second-order valence-electron chi connectivity index (χ2n) is 3.04. The number of carbonyl (C=O) groups excluding carboxylic acids is 1. The fraction of sp³-hybridized carbons (Fsp3) is 0.667. The molecule has 1 atom stereocenters. The maximum atomic E-state index is 11.0. The molecule has 3 nitrogen and oxygen atoms in total. The predicted octanol–water partition coefficient (Wildman–Crippen LogP) is 0.696. The van der Waals surface area contributed by atoms with Gasteiger partial charge in [-0.25, -0.2) is 0 Å². The maximum absolute atomic E-state index is 11.0. The van der Waals surface area contributed by atoms with Crippen LogP contribution in [0.1, 0.15) is 20.8 Å². The van der Waals surface area contributed by atoms with Gasteiger partial charge in [-0.15, -0.1) is 0 Å². The van der Waals surface area contributed by atoms with Crippen LogP contribution in [0.2, 0.25) is 0 Å². The summed E-state index contributed by atoms with van der Waals surface area (Å²) in [5.74, 6) is 0.106. The first-order chi connectivity index (χ1) is 5.61. The van der Waals surface area contributed by atoms with E-state index in [1.807, 2.05) is 13.8 Å². The molecule has 0 rings (SSSR count). The first-order valence-electron chi connectivity index (χ1n) is 4.15. The molecule has 0 spiro atoms. The molecule has 0 aliphatic carbocycles. The van der Waals surface area contributed by atoms with Crippen molar-refractivity contribution >= 4 is 5.91 Å². The molecule has 0 saturated heterocycles. The SMILES string of the molecule is CC=CC(=O)N[C@H](CO)C(C)C. The number of amides is 1. The molecular weight excluding hydrogens is 154 g/mol. The van der Waals surface area contributed by atoms with Gasteiger partial charge < -0.3 is 10.4 Å². The van der Waals surface area contributed by atoms with Crippen molar-refractivity contribution < 1.29 is 9.90 Å². The Morgan fingerprint density at radius 1 is 1.58 bits per heavy atom. The third-order valence-corrected chi connectivity index (χ3v) is 1.65. The third-order valence-electron chi connectivity index (χ3n) is 1.65. The summed E-state index contributed by atoms with van der Waals surface area (Å²) in [5, 5.41) is 11.6. The summed E-state index contributed by atoms with van der Waals surface area (Å²) in [5.41, 5.74) is 0. The van der Waals surface area contributed by atoms with Crippen molar-refractivity contribution in [2.75, 3.05) is 6.61 Å². The molecule has 0 saturated carbocycles. The van der Waals surface area contributed by atoms with E-state index in [1.54, 1.807) is 13.0 Å². The van der Waals surface area contributed by atoms with Crippen LogP contribution in [-0.4, -0.2) is 23.7 Å². The zero-order valence-electron chi connectivity index (χ0n) is 7.87. The highest BCUT2D eigenvalue weighted by atomic mass is 16.3. The second-order valence-corrected chi connectivity index (χ2v) is 3.04. The van der Waals surface area contributed by atoms with E-state index < -0.39 is 0 Å². The molecule has 0 radical (unpaired) electrons. The molecule has 1 amide bonds. The molecule has 0 unspecified atom stereocenters. The smallest absolute Gasteiger partial charge is 0.243 e. The fourth-order valence-electron chi connectivity index (χ4n) is 0.805. The van der Waals surface area contributed by atoms with Gasteiger partial charge in [0, 0.05) is 0 Å². The van der Waals surface area contributed by atoms with Crippen LogP contribution in [0.15, 0.2) is 12.2 Å². The van der Waals surface area contributed by atoms with Gasteiger partial charge in [-0.1, -0.05) is 19.9 Å². The van der Waals surface area contributed by atoms with E-state index in [1.165, 1.54) is 6.08 Å². The van der Waals surface area contributed by atoms with Crippen LogP contribution in [0.4, 0.5) is 0 Å². The van der Waals surface area contributed by atoms with Crippen LogP contribution in [0.25, 0.3) is 0 Å². The van der Waals surface area contributed by atoms with Crippen LogP contribution >= 0.6 is 0 Å². The predicted molar refractivity (Wildman–Crippen MR) is 48.7 cm³/mol. The molecule has 3 heteroatoms. The zero-order chi connectivity index (χ0) is 9.56. The molecule has 70 valence electrons. The van der Waals surface area contributed by atoms with Gasteiger partial charge >= 0.3 is 0 Å². The number of hydrogen-bond acceptors (Lipinski definition) is 2. The first-order valence-corrected chi connectivity index (χ1v) is 4.15. The van der Waals surface area contributed by atoms with E-state index in [9.17, 15) is 4.79 Å². The normalized spacial score (nSPS) is 13.8. The molecule has 2 N–H and O–H groups in total. The van der Waals surface area contributed by atoms with Crippen molar-refractivity contribution in [2.24, 2.45) is 5.92 Å². The molecule has 0 aliphatic heterocycles. The number of nitrogens with one attached hydrogen (secondary N) is 1. The van der Waals surface area contributed by atoms with E-state index in [0.29, 0.717) is 0 Å². The number of hydrogen-bond donors (Lipinski definition) is 2. The summed E-state index contributed by atoms with van der Waals surface area (Å²) in [7, 11) is 0. The van der Waals surface area contributed by atoms with E-state index in [4.69, 9.17) is 5.11 Å². The Hall–Kier alpha value is -0.830. The Morgan fingerprint density at radius 3 is 2.50 bits per heavy atom. The fourth-order valence-corrected chi connectivity index (χ4v) is 0.805. The molecule has 0 bridgehead atoms. The highest BCUT2D eigenvalue weighted by molar-refractivity contribution is 5.87. The highest BCUT2D eigenvalue weighted by Crippen LogP contribution is 1.99. The first kappa shape index (κ1) is 11.2. The molecule has 0 aromatic heterocycles. The lowest BCUT2D eigenvalue weighted by molar-refractivity contribution is -0.117. The largest absolute Gasteiger partial charge is 0.394 e. The van der Waals surface area contributed by atoms with E-state index in [0.717, 1.165) is 0 Å². The summed E-state index contributed by atoms with van der Waals surface area (Å²) in [6.45, 7) is 5.68. The number of allylic oxidation sites excluding steroid dienone is 1. The number of rotatable bonds is 4. The van der Waals surface area contributed by atoms with Gasteiger partial charge in [0.2, 0.25) is 5.91 Å². The van der Waals surface area contributed by atoms with Crippen LogP contribution in [0.5, 0.6) is 0 Å². The summed E-state index contributed by atoms with van der Waals surface area (Å²) >= 11 is 0. The number of aliphatic hydroxyl groups excluding tert-OH is 1. The van der Waals surface area contributed by atoms with Crippen molar-refractivity contribution in [3.63, 3.8) is 0 Å². The topological polar surface area (TPSA) is 49.3 Å². The van der Waals surface area contributed by atoms with Gasteiger partial charge in [0.1, 0.15) is 0 Å². The Morgan fingerprint density at radius 2 is 2.17 bits per heavy atom. The lowest BCUT2D eigenvalue weighted by Gasteiger charge is -2.18. The Balaban J connectivity index is 3.94. The summed E-state index contributed by atoms with van der Waals surface area (Å²) in [6.07, 6.45) is 3.12. The molecule has 0 aromatic rings. The Kier molecular flexibility index (Phi) is 5.37. The molecule has 0 heterocycles. The minimum Gasteiger partial charge on any atom is -0.394 e. The molecule has 0 aliphatic rings. The lowest BCUT2D eigenvalue weighted by Crippen LogP contribution is -2.40. The monoisotopic (exact) mass is 171 g/mol. The van der Waals surface area contributed by atoms with Crippen LogP contribution in [-0.2, 0) is 4.79 Å². The van der Waals surface area contributed by atoms with Gasteiger partial charge in [-0.2, -0.15) is 0 Å². The average molecular weight is 171 g/mol. The van der Waals surface area contributed by atoms with Crippen molar-refractivity contribution in [1.29, 1.82) is 0 Å². The van der Waals surface area contributed by atoms with Crippen LogP contribution in [0, 0.1) is 5.92 Å². The highest BCUT2D eigenvalue weighted by Gasteiger charge is 2.12. The van der Waals surface area contributed by atoms with Crippen molar-refractivity contribution in [3.05, 3.63) is 12.2 Å². The van der Waals surface area contributed by atoms with Gasteiger partial charge in [0.05, 0.1) is 12.6 Å². The Bertz CT molecular complexity index is 164. The molecular formula is C9H17NO2. The van der Waals surface area contributed by atoms with Gasteiger partial charge in [-0.3, -0.25) is 4.79 Å².